The summed E-state index contributed by atoms with van der Waals surface area (Å²) in [4.78, 5) is 31.2. The summed E-state index contributed by atoms with van der Waals surface area (Å²) in [6.07, 6.45) is 1.32. The number of carbonyl (C=O) groups is 2. The lowest BCUT2D eigenvalue weighted by Gasteiger charge is -2.04. The SMILES string of the molecule is O=C(O)C=CC(=O)Nc1cc([N+](=O)[O-])ccc1O. The van der Waals surface area contributed by atoms with Crippen LogP contribution in [0.2, 0.25) is 0 Å². The zero-order chi connectivity index (χ0) is 13.7. The fraction of sp³-hybridized carbons (Fsp3) is 0. The number of benzene rings is 1. The minimum absolute atomic E-state index is 0.177. The van der Waals surface area contributed by atoms with Crippen molar-refractivity contribution >= 4 is 23.3 Å². The van der Waals surface area contributed by atoms with Gasteiger partial charge in [0.15, 0.2) is 0 Å². The molecule has 0 aromatic heterocycles. The monoisotopic (exact) mass is 252 g/mol. The standard InChI is InChI=1S/C10H8N2O6/c13-8-2-1-6(12(17)18)5-7(8)11-9(14)3-4-10(15)16/h1-5,13H,(H,11,14)(H,15,16). The first-order valence-corrected chi connectivity index (χ1v) is 4.59. The fourth-order valence-electron chi connectivity index (χ4n) is 1.06. The van der Waals surface area contributed by atoms with Gasteiger partial charge in [-0.2, -0.15) is 0 Å². The molecule has 3 N–H and O–H groups in total. The van der Waals surface area contributed by atoms with Crippen molar-refractivity contribution in [2.45, 2.75) is 0 Å². The van der Waals surface area contributed by atoms with E-state index in [0.717, 1.165) is 24.3 Å². The maximum atomic E-state index is 11.2. The third-order valence-electron chi connectivity index (χ3n) is 1.83. The van der Waals surface area contributed by atoms with E-state index in [-0.39, 0.29) is 17.1 Å². The van der Waals surface area contributed by atoms with Gasteiger partial charge in [-0.15, -0.1) is 0 Å². The highest BCUT2D eigenvalue weighted by Crippen LogP contribution is 2.27. The second-order valence-electron chi connectivity index (χ2n) is 3.12. The van der Waals surface area contributed by atoms with E-state index < -0.39 is 16.8 Å². The third kappa shape index (κ3) is 3.59. The Bertz CT molecular complexity index is 537. The van der Waals surface area contributed by atoms with Crippen LogP contribution in [0, 0.1) is 10.1 Å². The first-order valence-electron chi connectivity index (χ1n) is 4.59. The number of hydrogen-bond donors (Lipinski definition) is 3. The molecule has 0 bridgehead atoms. The van der Waals surface area contributed by atoms with Gasteiger partial charge in [0, 0.05) is 24.3 Å². The largest absolute Gasteiger partial charge is 0.506 e. The van der Waals surface area contributed by atoms with Crippen LogP contribution in [0.15, 0.2) is 30.4 Å². The molecular weight excluding hydrogens is 244 g/mol. The Balaban J connectivity index is 2.90. The molecule has 0 aliphatic rings. The van der Waals surface area contributed by atoms with Crippen LogP contribution < -0.4 is 5.32 Å². The fourth-order valence-corrected chi connectivity index (χ4v) is 1.06. The topological polar surface area (TPSA) is 130 Å². The number of anilines is 1. The van der Waals surface area contributed by atoms with Crippen LogP contribution in [0.3, 0.4) is 0 Å². The Hall–Kier alpha value is -2.90. The number of nitrogens with one attached hydrogen (secondary N) is 1. The molecule has 0 heterocycles. The number of carbonyl (C=O) groups excluding carboxylic acids is 1. The number of amides is 1. The highest BCUT2D eigenvalue weighted by atomic mass is 16.6. The third-order valence-corrected chi connectivity index (χ3v) is 1.83. The lowest BCUT2D eigenvalue weighted by Crippen LogP contribution is -2.09. The lowest BCUT2D eigenvalue weighted by molar-refractivity contribution is -0.384. The molecule has 0 aliphatic heterocycles. The van der Waals surface area contributed by atoms with Crippen molar-refractivity contribution in [2.24, 2.45) is 0 Å². The summed E-state index contributed by atoms with van der Waals surface area (Å²) in [5.74, 6) is -2.50. The smallest absolute Gasteiger partial charge is 0.328 e. The molecule has 8 nitrogen and oxygen atoms in total. The van der Waals surface area contributed by atoms with Crippen molar-refractivity contribution in [3.63, 3.8) is 0 Å². The number of nitro groups is 1. The van der Waals surface area contributed by atoms with Gasteiger partial charge in [0.05, 0.1) is 10.6 Å². The van der Waals surface area contributed by atoms with Crippen LogP contribution in [0.25, 0.3) is 0 Å². The van der Waals surface area contributed by atoms with Gasteiger partial charge in [0.2, 0.25) is 5.91 Å². The van der Waals surface area contributed by atoms with E-state index in [4.69, 9.17) is 5.11 Å². The minimum Gasteiger partial charge on any atom is -0.506 e. The highest BCUT2D eigenvalue weighted by Gasteiger charge is 2.11. The second-order valence-corrected chi connectivity index (χ2v) is 3.12. The normalized spacial score (nSPS) is 10.2. The number of non-ortho nitro benzene ring substituents is 1. The molecule has 0 fully saturated rings. The van der Waals surface area contributed by atoms with Crippen LogP contribution >= 0.6 is 0 Å². The van der Waals surface area contributed by atoms with Crippen LogP contribution in [-0.4, -0.2) is 27.0 Å². The molecule has 1 aromatic carbocycles. The van der Waals surface area contributed by atoms with Crippen LogP contribution in [0.5, 0.6) is 5.75 Å². The Morgan fingerprint density at radius 1 is 1.33 bits per heavy atom. The Kier molecular flexibility index (Phi) is 3.98. The van der Waals surface area contributed by atoms with Crippen molar-refractivity contribution in [2.75, 3.05) is 5.32 Å². The summed E-state index contributed by atoms with van der Waals surface area (Å²) in [5.41, 5.74) is -0.491. The molecule has 0 saturated heterocycles. The lowest BCUT2D eigenvalue weighted by atomic mass is 10.2. The van der Waals surface area contributed by atoms with E-state index in [9.17, 15) is 24.8 Å². The zero-order valence-corrected chi connectivity index (χ0v) is 8.86. The number of nitrogens with zero attached hydrogens (tertiary/aromatic N) is 1. The number of phenols is 1. The molecule has 0 atom stereocenters. The van der Waals surface area contributed by atoms with Crippen molar-refractivity contribution in [3.8, 4) is 5.75 Å². The molecule has 8 heteroatoms. The van der Waals surface area contributed by atoms with E-state index in [1.165, 1.54) is 0 Å². The van der Waals surface area contributed by atoms with Crippen LogP contribution in [-0.2, 0) is 9.59 Å². The molecule has 1 amide bonds. The van der Waals surface area contributed by atoms with E-state index in [2.05, 4.69) is 5.32 Å². The second kappa shape index (κ2) is 5.43. The van der Waals surface area contributed by atoms with Crippen LogP contribution in [0.4, 0.5) is 11.4 Å². The molecule has 1 aromatic rings. The quantitative estimate of drug-likeness (QED) is 0.315. The van der Waals surface area contributed by atoms with Gasteiger partial charge in [0.25, 0.3) is 5.69 Å². The average molecular weight is 252 g/mol. The number of carboxylic acid groups (broad SMARTS) is 1. The Labute approximate surface area is 100 Å². The minimum atomic E-state index is -1.31. The highest BCUT2D eigenvalue weighted by molar-refractivity contribution is 6.03. The number of phenolic OH excluding ortho intramolecular Hbond substituents is 1. The summed E-state index contributed by atoms with van der Waals surface area (Å²) in [6, 6.07) is 3.08. The van der Waals surface area contributed by atoms with Gasteiger partial charge < -0.3 is 15.5 Å². The van der Waals surface area contributed by atoms with Crippen molar-refractivity contribution in [1.82, 2.24) is 0 Å². The Morgan fingerprint density at radius 3 is 2.56 bits per heavy atom. The summed E-state index contributed by atoms with van der Waals surface area (Å²) in [7, 11) is 0. The van der Waals surface area contributed by atoms with E-state index in [0.29, 0.717) is 6.08 Å². The summed E-state index contributed by atoms with van der Waals surface area (Å²) in [5, 5.41) is 30.3. The van der Waals surface area contributed by atoms with Gasteiger partial charge in [0.1, 0.15) is 5.75 Å². The predicted octanol–water partition coefficient (Wildman–Crippen LogP) is 0.880. The summed E-state index contributed by atoms with van der Waals surface area (Å²) in [6.45, 7) is 0. The molecule has 18 heavy (non-hydrogen) atoms. The molecule has 1 rings (SSSR count). The number of hydrogen-bond acceptors (Lipinski definition) is 5. The van der Waals surface area contributed by atoms with Gasteiger partial charge >= 0.3 is 5.97 Å². The number of aromatic hydroxyl groups is 1. The molecular formula is C10H8N2O6. The van der Waals surface area contributed by atoms with E-state index >= 15 is 0 Å². The van der Waals surface area contributed by atoms with Gasteiger partial charge in [-0.1, -0.05) is 0 Å². The van der Waals surface area contributed by atoms with E-state index in [1.54, 1.807) is 0 Å². The molecule has 94 valence electrons. The average Bonchev–Trinajstić information content (AvgIpc) is 2.29. The first-order chi connectivity index (χ1) is 8.40. The molecule has 0 radical (unpaired) electrons. The van der Waals surface area contributed by atoms with Gasteiger partial charge in [-0.3, -0.25) is 14.9 Å². The first kappa shape index (κ1) is 13.2. The van der Waals surface area contributed by atoms with Crippen molar-refractivity contribution in [3.05, 3.63) is 40.5 Å². The molecule has 0 saturated carbocycles. The van der Waals surface area contributed by atoms with Crippen LogP contribution in [0.1, 0.15) is 0 Å². The summed E-state index contributed by atoms with van der Waals surface area (Å²) >= 11 is 0. The predicted molar refractivity (Wildman–Crippen MR) is 60.2 cm³/mol. The number of nitro benzene ring substituents is 1. The van der Waals surface area contributed by atoms with Gasteiger partial charge in [-0.25, -0.2) is 4.79 Å². The van der Waals surface area contributed by atoms with Crippen molar-refractivity contribution < 1.29 is 24.7 Å². The molecule has 0 unspecified atom stereocenters. The Morgan fingerprint density at radius 2 is 2.00 bits per heavy atom. The number of rotatable bonds is 4. The van der Waals surface area contributed by atoms with Gasteiger partial charge in [-0.05, 0) is 6.07 Å². The maximum Gasteiger partial charge on any atom is 0.328 e. The zero-order valence-electron chi connectivity index (χ0n) is 8.86. The van der Waals surface area contributed by atoms with E-state index in [1.807, 2.05) is 0 Å². The molecule has 0 aliphatic carbocycles. The maximum absolute atomic E-state index is 11.2. The number of carboxylic acids is 1. The molecule has 0 spiro atoms. The summed E-state index contributed by atoms with van der Waals surface area (Å²) < 4.78 is 0. The van der Waals surface area contributed by atoms with Crippen molar-refractivity contribution in [1.29, 1.82) is 0 Å². The number of aliphatic carboxylic acids is 1.